The maximum absolute atomic E-state index is 11.9. The molecule has 0 radical (unpaired) electrons. The van der Waals surface area contributed by atoms with Crippen LogP contribution in [0.25, 0.3) is 0 Å². The summed E-state index contributed by atoms with van der Waals surface area (Å²) >= 11 is 0. The topological polar surface area (TPSA) is 52.6 Å². The Morgan fingerprint density at radius 1 is 1.42 bits per heavy atom. The van der Waals surface area contributed by atoms with E-state index in [1.165, 1.54) is 12.8 Å². The molecule has 1 fully saturated rings. The highest BCUT2D eigenvalue weighted by Gasteiger charge is 2.22. The highest BCUT2D eigenvalue weighted by atomic mass is 16.3. The molecule has 0 aliphatic heterocycles. The van der Waals surface area contributed by atoms with Gasteiger partial charge in [0.25, 0.3) is 0 Å². The standard InChI is InChI=1S/C15H22N2O2/c1-12(18)10-17(14-5-3-2-4-6-14)11-15(19)16-9-13-7-8-13/h2-6,12-13,18H,7-11H2,1H3,(H,16,19)/t12-/m1/s1. The predicted molar refractivity (Wildman–Crippen MR) is 76.1 cm³/mol. The lowest BCUT2D eigenvalue weighted by atomic mass is 10.2. The molecule has 0 aromatic heterocycles. The summed E-state index contributed by atoms with van der Waals surface area (Å²) in [6.45, 7) is 3.27. The summed E-state index contributed by atoms with van der Waals surface area (Å²) in [4.78, 5) is 13.8. The molecule has 0 saturated heterocycles. The van der Waals surface area contributed by atoms with Crippen molar-refractivity contribution in [2.24, 2.45) is 5.92 Å². The van der Waals surface area contributed by atoms with E-state index in [4.69, 9.17) is 0 Å². The van der Waals surface area contributed by atoms with Crippen molar-refractivity contribution in [1.29, 1.82) is 0 Å². The third-order valence-corrected chi connectivity index (χ3v) is 3.23. The first-order chi connectivity index (χ1) is 9.15. The monoisotopic (exact) mass is 262 g/mol. The predicted octanol–water partition coefficient (Wildman–Crippen LogP) is 1.40. The molecule has 1 aliphatic carbocycles. The van der Waals surface area contributed by atoms with Gasteiger partial charge in [0, 0.05) is 18.8 Å². The van der Waals surface area contributed by atoms with Crippen molar-refractivity contribution < 1.29 is 9.90 Å². The first kappa shape index (κ1) is 13.9. The summed E-state index contributed by atoms with van der Waals surface area (Å²) in [6.07, 6.45) is 2.00. The van der Waals surface area contributed by atoms with Crippen LogP contribution in [0.15, 0.2) is 30.3 Å². The second-order valence-corrected chi connectivity index (χ2v) is 5.31. The van der Waals surface area contributed by atoms with Gasteiger partial charge in [-0.2, -0.15) is 0 Å². The second-order valence-electron chi connectivity index (χ2n) is 5.31. The van der Waals surface area contributed by atoms with Crippen LogP contribution in [0.5, 0.6) is 0 Å². The van der Waals surface area contributed by atoms with Crippen molar-refractivity contribution >= 4 is 11.6 Å². The van der Waals surface area contributed by atoms with E-state index >= 15 is 0 Å². The van der Waals surface area contributed by atoms with Crippen LogP contribution in [0, 0.1) is 5.92 Å². The summed E-state index contributed by atoms with van der Waals surface area (Å²) < 4.78 is 0. The molecule has 1 amide bonds. The Bertz CT molecular complexity index is 402. The quantitative estimate of drug-likeness (QED) is 0.781. The van der Waals surface area contributed by atoms with Gasteiger partial charge in [-0.05, 0) is 37.8 Å². The van der Waals surface area contributed by atoms with E-state index in [9.17, 15) is 9.90 Å². The minimum absolute atomic E-state index is 0.0244. The zero-order valence-electron chi connectivity index (χ0n) is 11.4. The molecule has 2 rings (SSSR count). The molecule has 4 nitrogen and oxygen atoms in total. The van der Waals surface area contributed by atoms with Crippen LogP contribution in [-0.4, -0.2) is 36.8 Å². The van der Waals surface area contributed by atoms with Crippen LogP contribution < -0.4 is 10.2 Å². The van der Waals surface area contributed by atoms with Crippen LogP contribution in [0.3, 0.4) is 0 Å². The van der Waals surface area contributed by atoms with Gasteiger partial charge in [-0.3, -0.25) is 4.79 Å². The number of nitrogens with one attached hydrogen (secondary N) is 1. The Kier molecular flexibility index (Phi) is 4.80. The molecule has 104 valence electrons. The van der Waals surface area contributed by atoms with Crippen LogP contribution in [0.2, 0.25) is 0 Å². The molecule has 0 bridgehead atoms. The fourth-order valence-electron chi connectivity index (χ4n) is 2.03. The SMILES string of the molecule is C[C@@H](O)CN(CC(=O)NCC1CC1)c1ccccc1. The summed E-state index contributed by atoms with van der Waals surface area (Å²) in [5, 5.41) is 12.5. The van der Waals surface area contributed by atoms with Gasteiger partial charge in [-0.25, -0.2) is 0 Å². The number of rotatable bonds is 7. The molecule has 1 saturated carbocycles. The minimum atomic E-state index is -0.462. The first-order valence-corrected chi connectivity index (χ1v) is 6.90. The second kappa shape index (κ2) is 6.57. The number of aliphatic hydroxyl groups is 1. The molecule has 1 atom stereocenters. The average molecular weight is 262 g/mol. The maximum atomic E-state index is 11.9. The smallest absolute Gasteiger partial charge is 0.239 e. The minimum Gasteiger partial charge on any atom is -0.392 e. The summed E-state index contributed by atoms with van der Waals surface area (Å²) in [7, 11) is 0. The number of para-hydroxylation sites is 1. The number of amides is 1. The number of benzene rings is 1. The lowest BCUT2D eigenvalue weighted by molar-refractivity contribution is -0.119. The number of aliphatic hydroxyl groups excluding tert-OH is 1. The average Bonchev–Trinajstić information content (AvgIpc) is 3.20. The van der Waals surface area contributed by atoms with Crippen molar-refractivity contribution in [1.82, 2.24) is 5.32 Å². The normalized spacial score (nSPS) is 15.9. The van der Waals surface area contributed by atoms with E-state index in [1.807, 2.05) is 35.2 Å². The number of hydrogen-bond donors (Lipinski definition) is 2. The van der Waals surface area contributed by atoms with Crippen molar-refractivity contribution in [2.75, 3.05) is 24.5 Å². The van der Waals surface area contributed by atoms with E-state index in [1.54, 1.807) is 6.92 Å². The Balaban J connectivity index is 1.90. The highest BCUT2D eigenvalue weighted by Crippen LogP contribution is 2.27. The van der Waals surface area contributed by atoms with Gasteiger partial charge in [-0.15, -0.1) is 0 Å². The third-order valence-electron chi connectivity index (χ3n) is 3.23. The van der Waals surface area contributed by atoms with Gasteiger partial charge in [0.2, 0.25) is 5.91 Å². The molecule has 4 heteroatoms. The molecular weight excluding hydrogens is 240 g/mol. The van der Waals surface area contributed by atoms with Crippen molar-refractivity contribution in [3.05, 3.63) is 30.3 Å². The van der Waals surface area contributed by atoms with E-state index in [2.05, 4.69) is 5.32 Å². The van der Waals surface area contributed by atoms with Gasteiger partial charge >= 0.3 is 0 Å². The first-order valence-electron chi connectivity index (χ1n) is 6.90. The van der Waals surface area contributed by atoms with Gasteiger partial charge in [0.1, 0.15) is 0 Å². The van der Waals surface area contributed by atoms with Crippen LogP contribution in [0.1, 0.15) is 19.8 Å². The largest absolute Gasteiger partial charge is 0.392 e. The zero-order valence-corrected chi connectivity index (χ0v) is 11.4. The summed E-state index contributed by atoms with van der Waals surface area (Å²) in [5.41, 5.74) is 0.963. The van der Waals surface area contributed by atoms with Crippen molar-refractivity contribution in [2.45, 2.75) is 25.9 Å². The fraction of sp³-hybridized carbons (Fsp3) is 0.533. The van der Waals surface area contributed by atoms with Crippen LogP contribution >= 0.6 is 0 Å². The number of carbonyl (C=O) groups excluding carboxylic acids is 1. The summed E-state index contributed by atoms with van der Waals surface area (Å²) in [5.74, 6) is 0.710. The molecule has 0 unspecified atom stereocenters. The number of nitrogens with zero attached hydrogens (tertiary/aromatic N) is 1. The molecule has 1 aliphatic rings. The van der Waals surface area contributed by atoms with Gasteiger partial charge in [0.05, 0.1) is 12.6 Å². The van der Waals surface area contributed by atoms with Crippen LogP contribution in [-0.2, 0) is 4.79 Å². The Labute approximate surface area is 114 Å². The number of anilines is 1. The Hall–Kier alpha value is -1.55. The molecule has 1 aromatic carbocycles. The molecule has 2 N–H and O–H groups in total. The summed E-state index contributed by atoms with van der Waals surface area (Å²) in [6, 6.07) is 9.73. The van der Waals surface area contributed by atoms with Gasteiger partial charge < -0.3 is 15.3 Å². The maximum Gasteiger partial charge on any atom is 0.239 e. The molecular formula is C15H22N2O2. The van der Waals surface area contributed by atoms with E-state index < -0.39 is 6.10 Å². The van der Waals surface area contributed by atoms with Crippen molar-refractivity contribution in [3.63, 3.8) is 0 Å². The van der Waals surface area contributed by atoms with E-state index in [0.717, 1.165) is 12.2 Å². The fourth-order valence-corrected chi connectivity index (χ4v) is 2.03. The highest BCUT2D eigenvalue weighted by molar-refractivity contribution is 5.81. The molecule has 1 aromatic rings. The lowest BCUT2D eigenvalue weighted by Crippen LogP contribution is -2.41. The number of hydrogen-bond acceptors (Lipinski definition) is 3. The van der Waals surface area contributed by atoms with E-state index in [0.29, 0.717) is 19.0 Å². The van der Waals surface area contributed by atoms with Gasteiger partial charge in [0.15, 0.2) is 0 Å². The van der Waals surface area contributed by atoms with Crippen molar-refractivity contribution in [3.8, 4) is 0 Å². The van der Waals surface area contributed by atoms with Gasteiger partial charge in [-0.1, -0.05) is 18.2 Å². The van der Waals surface area contributed by atoms with Crippen LogP contribution in [0.4, 0.5) is 5.69 Å². The third kappa shape index (κ3) is 4.91. The van der Waals surface area contributed by atoms with E-state index in [-0.39, 0.29) is 5.91 Å². The Morgan fingerprint density at radius 2 is 2.11 bits per heavy atom. The number of carbonyl (C=O) groups is 1. The Morgan fingerprint density at radius 3 is 2.68 bits per heavy atom. The molecule has 19 heavy (non-hydrogen) atoms. The molecule has 0 spiro atoms. The lowest BCUT2D eigenvalue weighted by Gasteiger charge is -2.25. The zero-order chi connectivity index (χ0) is 13.7. The molecule has 0 heterocycles.